The molecule has 1 spiro atoms. The van der Waals surface area contributed by atoms with Gasteiger partial charge in [-0.2, -0.15) is 0 Å². The minimum atomic E-state index is 0.0268. The van der Waals surface area contributed by atoms with E-state index in [-0.39, 0.29) is 5.72 Å². The highest BCUT2D eigenvalue weighted by atomic mass is 16.5. The minimum absolute atomic E-state index is 0.0268. The number of rotatable bonds is 3. The Labute approximate surface area is 111 Å². The normalized spacial score (nSPS) is 33.2. The van der Waals surface area contributed by atoms with Crippen LogP contribution in [0.25, 0.3) is 0 Å². The molecule has 0 aromatic heterocycles. The highest BCUT2D eigenvalue weighted by Gasteiger charge is 2.44. The molecular formula is C15H28N2O. The van der Waals surface area contributed by atoms with Crippen LogP contribution in [0.3, 0.4) is 0 Å². The summed E-state index contributed by atoms with van der Waals surface area (Å²) in [6.07, 6.45) is 6.93. The van der Waals surface area contributed by atoms with Crippen molar-refractivity contribution in [2.75, 3.05) is 26.2 Å². The summed E-state index contributed by atoms with van der Waals surface area (Å²) < 4.78 is 6.45. The minimum Gasteiger partial charge on any atom is -0.357 e. The van der Waals surface area contributed by atoms with E-state index in [4.69, 9.17) is 4.74 Å². The summed E-state index contributed by atoms with van der Waals surface area (Å²) in [5.41, 5.74) is 0.0268. The number of nitrogens with one attached hydrogen (secondary N) is 1. The van der Waals surface area contributed by atoms with Gasteiger partial charge in [0, 0.05) is 39.0 Å². The Morgan fingerprint density at radius 2 is 1.94 bits per heavy atom. The Kier molecular flexibility index (Phi) is 3.65. The van der Waals surface area contributed by atoms with E-state index < -0.39 is 0 Å². The molecule has 0 radical (unpaired) electrons. The summed E-state index contributed by atoms with van der Waals surface area (Å²) in [6, 6.07) is 0. The molecule has 3 heteroatoms. The predicted octanol–water partition coefficient (Wildman–Crippen LogP) is 2.22. The Morgan fingerprint density at radius 3 is 2.56 bits per heavy atom. The van der Waals surface area contributed by atoms with Crippen molar-refractivity contribution in [1.29, 1.82) is 0 Å². The summed E-state index contributed by atoms with van der Waals surface area (Å²) in [4.78, 5) is 2.60. The lowest BCUT2D eigenvalue weighted by molar-refractivity contribution is -0.172. The van der Waals surface area contributed by atoms with Crippen LogP contribution in [-0.2, 0) is 4.74 Å². The topological polar surface area (TPSA) is 24.5 Å². The van der Waals surface area contributed by atoms with Gasteiger partial charge in [0.05, 0.1) is 6.10 Å². The quantitative estimate of drug-likeness (QED) is 0.833. The summed E-state index contributed by atoms with van der Waals surface area (Å²) in [6.45, 7) is 9.41. The van der Waals surface area contributed by atoms with Gasteiger partial charge in [0.25, 0.3) is 0 Å². The summed E-state index contributed by atoms with van der Waals surface area (Å²) in [5.74, 6) is 1.66. The molecule has 3 aliphatic rings. The molecule has 1 saturated carbocycles. The Balaban J connectivity index is 1.53. The Bertz CT molecular complexity index is 280. The molecule has 18 heavy (non-hydrogen) atoms. The third-order valence-corrected chi connectivity index (χ3v) is 4.69. The van der Waals surface area contributed by atoms with Crippen molar-refractivity contribution in [3.63, 3.8) is 0 Å². The second-order valence-electron chi connectivity index (χ2n) is 6.90. The predicted molar refractivity (Wildman–Crippen MR) is 73.5 cm³/mol. The third kappa shape index (κ3) is 2.89. The lowest BCUT2D eigenvalue weighted by Crippen LogP contribution is -2.60. The SMILES string of the molecule is CC(C)CN1CCC2(CC1)NCCC(C1CC1)O2. The van der Waals surface area contributed by atoms with Crippen LogP contribution in [0.15, 0.2) is 0 Å². The van der Waals surface area contributed by atoms with Crippen molar-refractivity contribution in [3.8, 4) is 0 Å². The first-order chi connectivity index (χ1) is 8.67. The molecule has 2 aliphatic heterocycles. The van der Waals surface area contributed by atoms with Crippen molar-refractivity contribution in [3.05, 3.63) is 0 Å². The fourth-order valence-electron chi connectivity index (χ4n) is 3.54. The highest BCUT2D eigenvalue weighted by molar-refractivity contribution is 4.94. The average Bonchev–Trinajstić information content (AvgIpc) is 3.16. The van der Waals surface area contributed by atoms with E-state index in [0.29, 0.717) is 6.10 Å². The molecular weight excluding hydrogens is 224 g/mol. The maximum Gasteiger partial charge on any atom is 0.122 e. The fourth-order valence-corrected chi connectivity index (χ4v) is 3.54. The molecule has 1 N–H and O–H groups in total. The van der Waals surface area contributed by atoms with Gasteiger partial charge in [-0.1, -0.05) is 13.8 Å². The number of nitrogens with zero attached hydrogens (tertiary/aromatic N) is 1. The van der Waals surface area contributed by atoms with E-state index in [1.165, 1.54) is 51.7 Å². The van der Waals surface area contributed by atoms with Crippen molar-refractivity contribution in [2.45, 2.75) is 57.8 Å². The van der Waals surface area contributed by atoms with Crippen LogP contribution in [0.1, 0.15) is 46.0 Å². The molecule has 3 fully saturated rings. The molecule has 2 saturated heterocycles. The van der Waals surface area contributed by atoms with Gasteiger partial charge in [-0.25, -0.2) is 0 Å². The van der Waals surface area contributed by atoms with E-state index in [1.807, 2.05) is 0 Å². The first-order valence-corrected chi connectivity index (χ1v) is 7.82. The second-order valence-corrected chi connectivity index (χ2v) is 6.90. The maximum atomic E-state index is 6.45. The molecule has 3 rings (SSSR count). The number of hydrogen-bond acceptors (Lipinski definition) is 3. The van der Waals surface area contributed by atoms with E-state index in [2.05, 4.69) is 24.1 Å². The molecule has 2 heterocycles. The zero-order chi connectivity index (χ0) is 12.6. The smallest absolute Gasteiger partial charge is 0.122 e. The lowest BCUT2D eigenvalue weighted by atomic mass is 9.95. The molecule has 3 nitrogen and oxygen atoms in total. The molecule has 1 unspecified atom stereocenters. The zero-order valence-corrected chi connectivity index (χ0v) is 12.0. The zero-order valence-electron chi connectivity index (χ0n) is 12.0. The number of ether oxygens (including phenoxy) is 1. The fraction of sp³-hybridized carbons (Fsp3) is 1.00. The average molecular weight is 252 g/mol. The summed E-state index contributed by atoms with van der Waals surface area (Å²) in [5, 5.41) is 3.67. The first kappa shape index (κ1) is 12.9. The van der Waals surface area contributed by atoms with E-state index in [1.54, 1.807) is 0 Å². The van der Waals surface area contributed by atoms with Gasteiger partial charge in [-0.05, 0) is 31.1 Å². The molecule has 1 atom stereocenters. The molecule has 0 aromatic carbocycles. The van der Waals surface area contributed by atoms with Crippen molar-refractivity contribution in [1.82, 2.24) is 10.2 Å². The van der Waals surface area contributed by atoms with Crippen LogP contribution in [-0.4, -0.2) is 42.9 Å². The van der Waals surface area contributed by atoms with E-state index in [0.717, 1.165) is 18.4 Å². The number of piperidine rings is 1. The highest BCUT2D eigenvalue weighted by Crippen LogP contribution is 2.40. The van der Waals surface area contributed by atoms with Crippen molar-refractivity contribution < 1.29 is 4.74 Å². The first-order valence-electron chi connectivity index (χ1n) is 7.82. The number of likely N-dealkylation sites (tertiary alicyclic amines) is 1. The van der Waals surface area contributed by atoms with Gasteiger partial charge >= 0.3 is 0 Å². The molecule has 104 valence electrons. The lowest BCUT2D eigenvalue weighted by Gasteiger charge is -2.47. The molecule has 0 amide bonds. The summed E-state index contributed by atoms with van der Waals surface area (Å²) >= 11 is 0. The molecule has 0 aromatic rings. The van der Waals surface area contributed by atoms with Gasteiger partial charge in [0.1, 0.15) is 5.72 Å². The van der Waals surface area contributed by atoms with Gasteiger partial charge in [0.2, 0.25) is 0 Å². The van der Waals surface area contributed by atoms with E-state index in [9.17, 15) is 0 Å². The molecule has 1 aliphatic carbocycles. The van der Waals surface area contributed by atoms with Crippen LogP contribution in [0.2, 0.25) is 0 Å². The molecule has 0 bridgehead atoms. The van der Waals surface area contributed by atoms with Crippen LogP contribution in [0, 0.1) is 11.8 Å². The van der Waals surface area contributed by atoms with Crippen molar-refractivity contribution in [2.24, 2.45) is 11.8 Å². The maximum absolute atomic E-state index is 6.45. The monoisotopic (exact) mass is 252 g/mol. The van der Waals surface area contributed by atoms with Crippen LogP contribution in [0.5, 0.6) is 0 Å². The van der Waals surface area contributed by atoms with Crippen LogP contribution >= 0.6 is 0 Å². The van der Waals surface area contributed by atoms with Crippen LogP contribution in [0.4, 0.5) is 0 Å². The Morgan fingerprint density at radius 1 is 1.22 bits per heavy atom. The second kappa shape index (κ2) is 5.10. The van der Waals surface area contributed by atoms with Crippen LogP contribution < -0.4 is 5.32 Å². The standard InChI is InChI=1S/C15H28N2O/c1-12(2)11-17-9-6-15(7-10-17)16-8-5-14(18-15)13-3-4-13/h12-14,16H,3-11H2,1-2H3. The Hall–Kier alpha value is -0.120. The van der Waals surface area contributed by atoms with Gasteiger partial charge in [-0.15, -0.1) is 0 Å². The van der Waals surface area contributed by atoms with E-state index >= 15 is 0 Å². The summed E-state index contributed by atoms with van der Waals surface area (Å²) in [7, 11) is 0. The number of hydrogen-bond donors (Lipinski definition) is 1. The third-order valence-electron chi connectivity index (χ3n) is 4.69. The largest absolute Gasteiger partial charge is 0.357 e. The van der Waals surface area contributed by atoms with Crippen molar-refractivity contribution >= 4 is 0 Å². The van der Waals surface area contributed by atoms with Gasteiger partial charge in [-0.3, -0.25) is 5.32 Å². The van der Waals surface area contributed by atoms with Gasteiger partial charge in [0.15, 0.2) is 0 Å². The van der Waals surface area contributed by atoms with Gasteiger partial charge < -0.3 is 9.64 Å².